The number of benzene rings is 1. The Bertz CT molecular complexity index is 487. The number of hydrogen-bond acceptors (Lipinski definition) is 3. The number of aliphatic imine (C=N–C) groups is 1. The van der Waals surface area contributed by atoms with Crippen molar-refractivity contribution in [3.8, 4) is 5.75 Å². The fourth-order valence-electron chi connectivity index (χ4n) is 2.26. The highest BCUT2D eigenvalue weighted by atomic mass is 16.5. The first-order valence-corrected chi connectivity index (χ1v) is 8.56. The lowest BCUT2D eigenvalue weighted by Gasteiger charge is -2.14. The average Bonchev–Trinajstić information content (AvgIpc) is 3.39. The SMILES string of the molecule is CCOc1ccccc1CNC(=NC)NCCCOCC1CC1. The zero-order valence-electron chi connectivity index (χ0n) is 14.3. The summed E-state index contributed by atoms with van der Waals surface area (Å²) in [7, 11) is 1.79. The molecule has 23 heavy (non-hydrogen) atoms. The van der Waals surface area contributed by atoms with E-state index in [9.17, 15) is 0 Å². The van der Waals surface area contributed by atoms with Crippen LogP contribution in [-0.4, -0.2) is 39.4 Å². The Labute approximate surface area is 139 Å². The third-order valence-electron chi connectivity index (χ3n) is 3.75. The van der Waals surface area contributed by atoms with Gasteiger partial charge in [0, 0.05) is 38.9 Å². The smallest absolute Gasteiger partial charge is 0.191 e. The summed E-state index contributed by atoms with van der Waals surface area (Å²) in [5, 5.41) is 6.63. The van der Waals surface area contributed by atoms with E-state index in [1.807, 2.05) is 25.1 Å². The Hall–Kier alpha value is -1.75. The quantitative estimate of drug-likeness (QED) is 0.395. The van der Waals surface area contributed by atoms with Crippen molar-refractivity contribution in [2.75, 3.05) is 33.4 Å². The predicted octanol–water partition coefficient (Wildman–Crippen LogP) is 2.57. The summed E-state index contributed by atoms with van der Waals surface area (Å²) in [6.45, 7) is 5.96. The molecule has 1 fully saturated rings. The van der Waals surface area contributed by atoms with Crippen LogP contribution in [-0.2, 0) is 11.3 Å². The molecule has 0 heterocycles. The second-order valence-electron chi connectivity index (χ2n) is 5.77. The van der Waals surface area contributed by atoms with Crippen molar-refractivity contribution in [1.82, 2.24) is 10.6 Å². The van der Waals surface area contributed by atoms with Crippen LogP contribution in [0.3, 0.4) is 0 Å². The summed E-state index contributed by atoms with van der Waals surface area (Å²) >= 11 is 0. The van der Waals surface area contributed by atoms with Crippen molar-refractivity contribution in [2.24, 2.45) is 10.9 Å². The van der Waals surface area contributed by atoms with Crippen LogP contribution in [0.1, 0.15) is 31.7 Å². The van der Waals surface area contributed by atoms with Crippen LogP contribution in [0.25, 0.3) is 0 Å². The molecule has 2 rings (SSSR count). The molecule has 1 saturated carbocycles. The van der Waals surface area contributed by atoms with E-state index >= 15 is 0 Å². The highest BCUT2D eigenvalue weighted by Gasteiger charge is 2.20. The molecule has 0 amide bonds. The minimum Gasteiger partial charge on any atom is -0.494 e. The van der Waals surface area contributed by atoms with E-state index in [0.717, 1.165) is 49.4 Å². The molecule has 128 valence electrons. The van der Waals surface area contributed by atoms with Crippen LogP contribution in [0, 0.1) is 5.92 Å². The first kappa shape index (κ1) is 17.6. The van der Waals surface area contributed by atoms with Gasteiger partial charge in [-0.1, -0.05) is 18.2 Å². The normalized spacial score (nSPS) is 14.6. The minimum absolute atomic E-state index is 0.671. The molecule has 0 spiro atoms. The molecule has 5 heteroatoms. The number of rotatable bonds is 10. The lowest BCUT2D eigenvalue weighted by molar-refractivity contribution is 0.123. The number of nitrogens with zero attached hydrogens (tertiary/aromatic N) is 1. The van der Waals surface area contributed by atoms with Gasteiger partial charge in [0.1, 0.15) is 5.75 Å². The average molecular weight is 319 g/mol. The summed E-state index contributed by atoms with van der Waals surface area (Å²) in [4.78, 5) is 4.25. The molecule has 0 radical (unpaired) electrons. The molecule has 0 aliphatic heterocycles. The summed E-state index contributed by atoms with van der Waals surface area (Å²) in [5.74, 6) is 2.56. The van der Waals surface area contributed by atoms with Crippen molar-refractivity contribution in [3.05, 3.63) is 29.8 Å². The molecule has 0 unspecified atom stereocenters. The third kappa shape index (κ3) is 6.91. The van der Waals surface area contributed by atoms with Crippen molar-refractivity contribution in [2.45, 2.75) is 32.7 Å². The summed E-state index contributed by atoms with van der Waals surface area (Å²) < 4.78 is 11.3. The number of hydrogen-bond donors (Lipinski definition) is 2. The predicted molar refractivity (Wildman–Crippen MR) is 94.0 cm³/mol. The van der Waals surface area contributed by atoms with Gasteiger partial charge in [0.15, 0.2) is 5.96 Å². The molecule has 0 aromatic heterocycles. The zero-order chi connectivity index (χ0) is 16.3. The van der Waals surface area contributed by atoms with E-state index in [1.165, 1.54) is 12.8 Å². The van der Waals surface area contributed by atoms with Crippen LogP contribution in [0.4, 0.5) is 0 Å². The Kier molecular flexibility index (Phi) is 7.73. The van der Waals surface area contributed by atoms with Crippen LogP contribution in [0.2, 0.25) is 0 Å². The van der Waals surface area contributed by atoms with E-state index in [2.05, 4.69) is 21.7 Å². The van der Waals surface area contributed by atoms with Gasteiger partial charge in [-0.05, 0) is 38.2 Å². The first-order chi connectivity index (χ1) is 11.3. The first-order valence-electron chi connectivity index (χ1n) is 8.56. The fraction of sp³-hybridized carbons (Fsp3) is 0.611. The summed E-state index contributed by atoms with van der Waals surface area (Å²) in [6.07, 6.45) is 3.68. The lowest BCUT2D eigenvalue weighted by Crippen LogP contribution is -2.37. The van der Waals surface area contributed by atoms with Crippen molar-refractivity contribution >= 4 is 5.96 Å². The molecule has 1 aliphatic rings. The van der Waals surface area contributed by atoms with Gasteiger partial charge in [-0.25, -0.2) is 0 Å². The molecule has 1 aromatic rings. The number of para-hydroxylation sites is 1. The fourth-order valence-corrected chi connectivity index (χ4v) is 2.26. The Balaban J connectivity index is 1.64. The standard InChI is InChI=1S/C18H29N3O2/c1-3-23-17-8-5-4-7-16(17)13-21-18(19-2)20-11-6-12-22-14-15-9-10-15/h4-5,7-8,15H,3,6,9-14H2,1-2H3,(H2,19,20,21). The van der Waals surface area contributed by atoms with Crippen LogP contribution < -0.4 is 15.4 Å². The van der Waals surface area contributed by atoms with Gasteiger partial charge in [-0.3, -0.25) is 4.99 Å². The number of ether oxygens (including phenoxy) is 2. The molecule has 1 aromatic carbocycles. The summed E-state index contributed by atoms with van der Waals surface area (Å²) in [6, 6.07) is 8.07. The van der Waals surface area contributed by atoms with Crippen molar-refractivity contribution < 1.29 is 9.47 Å². The highest BCUT2D eigenvalue weighted by molar-refractivity contribution is 5.79. The van der Waals surface area contributed by atoms with E-state index < -0.39 is 0 Å². The van der Waals surface area contributed by atoms with Gasteiger partial charge < -0.3 is 20.1 Å². The molecule has 1 aliphatic carbocycles. The maximum atomic E-state index is 5.64. The molecular weight excluding hydrogens is 290 g/mol. The Morgan fingerprint density at radius 2 is 2.09 bits per heavy atom. The van der Waals surface area contributed by atoms with Gasteiger partial charge in [0.25, 0.3) is 0 Å². The van der Waals surface area contributed by atoms with Crippen LogP contribution in [0.5, 0.6) is 5.75 Å². The van der Waals surface area contributed by atoms with Gasteiger partial charge in [-0.15, -0.1) is 0 Å². The topological polar surface area (TPSA) is 54.9 Å². The van der Waals surface area contributed by atoms with E-state index in [1.54, 1.807) is 7.05 Å². The lowest BCUT2D eigenvalue weighted by atomic mass is 10.2. The Morgan fingerprint density at radius 1 is 1.26 bits per heavy atom. The molecule has 0 saturated heterocycles. The third-order valence-corrected chi connectivity index (χ3v) is 3.75. The van der Waals surface area contributed by atoms with Crippen molar-refractivity contribution in [1.29, 1.82) is 0 Å². The number of nitrogens with one attached hydrogen (secondary N) is 2. The Morgan fingerprint density at radius 3 is 2.83 bits per heavy atom. The van der Waals surface area contributed by atoms with E-state index in [-0.39, 0.29) is 0 Å². The van der Waals surface area contributed by atoms with E-state index in [4.69, 9.17) is 9.47 Å². The van der Waals surface area contributed by atoms with Gasteiger partial charge in [-0.2, -0.15) is 0 Å². The van der Waals surface area contributed by atoms with Crippen LogP contribution >= 0.6 is 0 Å². The zero-order valence-corrected chi connectivity index (χ0v) is 14.3. The van der Waals surface area contributed by atoms with E-state index in [0.29, 0.717) is 13.2 Å². The highest BCUT2D eigenvalue weighted by Crippen LogP contribution is 2.28. The molecule has 5 nitrogen and oxygen atoms in total. The maximum Gasteiger partial charge on any atom is 0.191 e. The van der Waals surface area contributed by atoms with Crippen LogP contribution in [0.15, 0.2) is 29.3 Å². The second-order valence-corrected chi connectivity index (χ2v) is 5.77. The van der Waals surface area contributed by atoms with Gasteiger partial charge in [0.05, 0.1) is 6.61 Å². The second kappa shape index (κ2) is 10.1. The monoisotopic (exact) mass is 319 g/mol. The molecule has 0 bridgehead atoms. The molecule has 0 atom stereocenters. The maximum absolute atomic E-state index is 5.64. The summed E-state index contributed by atoms with van der Waals surface area (Å²) in [5.41, 5.74) is 1.13. The minimum atomic E-state index is 0.671. The van der Waals surface area contributed by atoms with Gasteiger partial charge in [0.2, 0.25) is 0 Å². The molecule has 2 N–H and O–H groups in total. The van der Waals surface area contributed by atoms with Gasteiger partial charge >= 0.3 is 0 Å². The largest absolute Gasteiger partial charge is 0.494 e. The molecular formula is C18H29N3O2. The number of guanidine groups is 1. The van der Waals surface area contributed by atoms with Crippen molar-refractivity contribution in [3.63, 3.8) is 0 Å².